The van der Waals surface area contributed by atoms with Crippen LogP contribution >= 0.6 is 11.8 Å². The maximum Gasteiger partial charge on any atom is 0.262 e. The van der Waals surface area contributed by atoms with Crippen LogP contribution in [0.2, 0.25) is 0 Å². The normalized spacial score (nSPS) is 13.7. The number of nitrogens with zero attached hydrogens (tertiary/aromatic N) is 2. The molecule has 0 radical (unpaired) electrons. The number of ether oxygens (including phenoxy) is 3. The van der Waals surface area contributed by atoms with E-state index in [9.17, 15) is 9.90 Å². The molecule has 0 saturated heterocycles. The van der Waals surface area contributed by atoms with E-state index >= 15 is 0 Å². The van der Waals surface area contributed by atoms with Crippen LogP contribution in [-0.4, -0.2) is 39.9 Å². The minimum absolute atomic E-state index is 0.0610. The molecule has 0 amide bonds. The molecule has 29 heavy (non-hydrogen) atoms. The largest absolute Gasteiger partial charge is 0.454 e. The number of aliphatic hydroxyl groups excluding tert-OH is 1. The van der Waals surface area contributed by atoms with Crippen LogP contribution in [0.25, 0.3) is 10.9 Å². The van der Waals surface area contributed by atoms with Crippen molar-refractivity contribution in [3.63, 3.8) is 0 Å². The van der Waals surface area contributed by atoms with Crippen molar-refractivity contribution in [1.29, 1.82) is 0 Å². The minimum atomic E-state index is -0.678. The number of aliphatic hydroxyl groups is 1. The van der Waals surface area contributed by atoms with Crippen LogP contribution in [0.3, 0.4) is 0 Å². The van der Waals surface area contributed by atoms with Gasteiger partial charge in [0.15, 0.2) is 16.7 Å². The van der Waals surface area contributed by atoms with Gasteiger partial charge in [0.1, 0.15) is 0 Å². The molecule has 0 bridgehead atoms. The molecule has 1 aliphatic heterocycles. The average molecular weight is 414 g/mol. The van der Waals surface area contributed by atoms with Gasteiger partial charge in [-0.1, -0.05) is 30.0 Å². The Morgan fingerprint density at radius 2 is 2.07 bits per heavy atom. The number of aromatic nitrogens is 2. The fraction of sp³-hybridized carbons (Fsp3) is 0.333. The van der Waals surface area contributed by atoms with E-state index in [1.54, 1.807) is 10.6 Å². The van der Waals surface area contributed by atoms with Gasteiger partial charge in [0, 0.05) is 12.3 Å². The lowest BCUT2D eigenvalue weighted by atomic mass is 10.2. The van der Waals surface area contributed by atoms with Crippen molar-refractivity contribution in [3.05, 3.63) is 58.4 Å². The van der Waals surface area contributed by atoms with Crippen LogP contribution < -0.4 is 15.0 Å². The van der Waals surface area contributed by atoms with Crippen molar-refractivity contribution in [3.8, 4) is 11.5 Å². The molecule has 4 rings (SSSR count). The Labute approximate surface area is 172 Å². The van der Waals surface area contributed by atoms with Crippen molar-refractivity contribution in [2.24, 2.45) is 0 Å². The van der Waals surface area contributed by atoms with Gasteiger partial charge >= 0.3 is 0 Å². The lowest BCUT2D eigenvalue weighted by Gasteiger charge is -2.14. The SMILES string of the molecule is CCn1c(SC[C@@H](O)COCc2ccc3c(c2)OCO3)nc2ccccc2c1=O. The van der Waals surface area contributed by atoms with Gasteiger partial charge in [0.05, 0.1) is 30.2 Å². The maximum atomic E-state index is 12.6. The first-order valence-electron chi connectivity index (χ1n) is 9.42. The molecule has 7 nitrogen and oxygen atoms in total. The summed E-state index contributed by atoms with van der Waals surface area (Å²) in [5, 5.41) is 11.5. The van der Waals surface area contributed by atoms with Crippen LogP contribution in [0, 0.1) is 0 Å². The highest BCUT2D eigenvalue weighted by atomic mass is 32.2. The second-order valence-electron chi connectivity index (χ2n) is 6.63. The lowest BCUT2D eigenvalue weighted by Crippen LogP contribution is -2.24. The Bertz CT molecular complexity index is 1070. The smallest absolute Gasteiger partial charge is 0.262 e. The van der Waals surface area contributed by atoms with Gasteiger partial charge in [-0.15, -0.1) is 0 Å². The van der Waals surface area contributed by atoms with E-state index in [1.807, 2.05) is 43.3 Å². The Balaban J connectivity index is 1.33. The number of hydrogen-bond acceptors (Lipinski definition) is 7. The summed E-state index contributed by atoms with van der Waals surface area (Å²) in [6, 6.07) is 12.9. The molecular formula is C21H22N2O5S. The molecule has 0 spiro atoms. The fourth-order valence-corrected chi connectivity index (χ4v) is 4.07. The summed E-state index contributed by atoms with van der Waals surface area (Å²) in [5.74, 6) is 1.82. The van der Waals surface area contributed by atoms with Gasteiger partial charge in [-0.3, -0.25) is 9.36 Å². The second-order valence-corrected chi connectivity index (χ2v) is 7.62. The Hall–Kier alpha value is -2.55. The predicted octanol–water partition coefficient (Wildman–Crippen LogP) is 2.81. The summed E-state index contributed by atoms with van der Waals surface area (Å²) < 4.78 is 17.9. The van der Waals surface area contributed by atoms with E-state index in [0.29, 0.717) is 40.7 Å². The quantitative estimate of drug-likeness (QED) is 0.448. The van der Waals surface area contributed by atoms with Crippen molar-refractivity contribution in [2.45, 2.75) is 31.3 Å². The summed E-state index contributed by atoms with van der Waals surface area (Å²) in [5.41, 5.74) is 1.55. The van der Waals surface area contributed by atoms with Crippen LogP contribution in [0.4, 0.5) is 0 Å². The molecule has 1 N–H and O–H groups in total. The third-order valence-electron chi connectivity index (χ3n) is 4.56. The topological polar surface area (TPSA) is 82.8 Å². The number of para-hydroxylation sites is 1. The monoisotopic (exact) mass is 414 g/mol. The van der Waals surface area contributed by atoms with Crippen molar-refractivity contribution < 1.29 is 19.3 Å². The molecule has 152 valence electrons. The summed E-state index contributed by atoms with van der Waals surface area (Å²) in [6.45, 7) is 3.22. The van der Waals surface area contributed by atoms with Crippen molar-refractivity contribution in [2.75, 3.05) is 19.2 Å². The highest BCUT2D eigenvalue weighted by Gasteiger charge is 2.15. The Kier molecular flexibility index (Phi) is 6.03. The number of benzene rings is 2. The molecule has 0 fully saturated rings. The Morgan fingerprint density at radius 1 is 1.24 bits per heavy atom. The molecule has 0 saturated carbocycles. The molecule has 0 aliphatic carbocycles. The van der Waals surface area contributed by atoms with E-state index in [-0.39, 0.29) is 19.0 Å². The van der Waals surface area contributed by atoms with E-state index in [1.165, 1.54) is 11.8 Å². The summed E-state index contributed by atoms with van der Waals surface area (Å²) in [7, 11) is 0. The maximum absolute atomic E-state index is 12.6. The summed E-state index contributed by atoms with van der Waals surface area (Å²) in [6.07, 6.45) is -0.678. The van der Waals surface area contributed by atoms with Crippen LogP contribution in [0.1, 0.15) is 12.5 Å². The molecule has 1 atom stereocenters. The third kappa shape index (κ3) is 4.39. The zero-order chi connectivity index (χ0) is 20.2. The molecule has 1 aliphatic rings. The van der Waals surface area contributed by atoms with E-state index in [2.05, 4.69) is 4.98 Å². The molecule has 2 heterocycles. The van der Waals surface area contributed by atoms with Gasteiger partial charge in [0.2, 0.25) is 6.79 Å². The first-order chi connectivity index (χ1) is 14.2. The summed E-state index contributed by atoms with van der Waals surface area (Å²) in [4.78, 5) is 17.2. The van der Waals surface area contributed by atoms with Crippen molar-refractivity contribution >= 4 is 22.7 Å². The summed E-state index contributed by atoms with van der Waals surface area (Å²) >= 11 is 1.36. The number of hydrogen-bond donors (Lipinski definition) is 1. The number of rotatable bonds is 8. The standard InChI is InChI=1S/C21H22N2O5S/c1-2-23-20(25)16-5-3-4-6-17(16)22-21(23)29-12-15(24)11-26-10-14-7-8-18-19(9-14)28-13-27-18/h3-9,15,24H,2,10-13H2,1H3/t15-/m0/s1. The molecule has 3 aromatic rings. The van der Waals surface area contributed by atoms with Gasteiger partial charge in [0.25, 0.3) is 5.56 Å². The van der Waals surface area contributed by atoms with E-state index in [0.717, 1.165) is 11.3 Å². The van der Waals surface area contributed by atoms with Gasteiger partial charge in [-0.05, 0) is 36.8 Å². The first-order valence-corrected chi connectivity index (χ1v) is 10.4. The lowest BCUT2D eigenvalue weighted by molar-refractivity contribution is 0.0397. The molecular weight excluding hydrogens is 392 g/mol. The zero-order valence-corrected chi connectivity index (χ0v) is 16.9. The van der Waals surface area contributed by atoms with Gasteiger partial charge < -0.3 is 19.3 Å². The van der Waals surface area contributed by atoms with E-state index < -0.39 is 6.10 Å². The van der Waals surface area contributed by atoms with Gasteiger partial charge in [-0.2, -0.15) is 0 Å². The molecule has 8 heteroatoms. The van der Waals surface area contributed by atoms with Crippen LogP contribution in [-0.2, 0) is 17.9 Å². The number of thioether (sulfide) groups is 1. The third-order valence-corrected chi connectivity index (χ3v) is 5.68. The average Bonchev–Trinajstić information content (AvgIpc) is 3.20. The highest BCUT2D eigenvalue weighted by Crippen LogP contribution is 2.32. The second kappa shape index (κ2) is 8.86. The van der Waals surface area contributed by atoms with Crippen molar-refractivity contribution in [1.82, 2.24) is 9.55 Å². The van der Waals surface area contributed by atoms with Crippen LogP contribution in [0.15, 0.2) is 52.4 Å². The van der Waals surface area contributed by atoms with Crippen LogP contribution in [0.5, 0.6) is 11.5 Å². The van der Waals surface area contributed by atoms with E-state index in [4.69, 9.17) is 14.2 Å². The zero-order valence-electron chi connectivity index (χ0n) is 16.0. The highest BCUT2D eigenvalue weighted by molar-refractivity contribution is 7.99. The molecule has 0 unspecified atom stereocenters. The van der Waals surface area contributed by atoms with Gasteiger partial charge in [-0.25, -0.2) is 4.98 Å². The Morgan fingerprint density at radius 3 is 2.93 bits per heavy atom. The predicted molar refractivity (Wildman–Crippen MR) is 111 cm³/mol. The molecule has 1 aromatic heterocycles. The first kappa shape index (κ1) is 19.8. The minimum Gasteiger partial charge on any atom is -0.454 e. The fourth-order valence-electron chi connectivity index (χ4n) is 3.10. The molecule has 2 aromatic carbocycles. The number of fused-ring (bicyclic) bond motifs is 2.